The molecule has 0 amide bonds. The Morgan fingerprint density at radius 3 is 2.45 bits per heavy atom. The van der Waals surface area contributed by atoms with Gasteiger partial charge in [0.2, 0.25) is 5.75 Å². The average molecular weight is 444 g/mol. The van der Waals surface area contributed by atoms with Crippen molar-refractivity contribution in [2.24, 2.45) is 5.92 Å². The summed E-state index contributed by atoms with van der Waals surface area (Å²) in [5.41, 5.74) is 2.01. The minimum atomic E-state index is -5.16. The van der Waals surface area contributed by atoms with Gasteiger partial charge in [0.1, 0.15) is 5.82 Å². The molecule has 0 saturated carbocycles. The van der Waals surface area contributed by atoms with Crippen molar-refractivity contribution >= 4 is 0 Å². The lowest BCUT2D eigenvalue weighted by Crippen LogP contribution is -2.22. The van der Waals surface area contributed by atoms with Gasteiger partial charge in [0.25, 0.3) is 0 Å². The summed E-state index contributed by atoms with van der Waals surface area (Å²) in [6.45, 7) is 2.12. The van der Waals surface area contributed by atoms with E-state index in [2.05, 4.69) is 11.7 Å². The van der Waals surface area contributed by atoms with E-state index in [4.69, 9.17) is 0 Å². The van der Waals surface area contributed by atoms with Crippen molar-refractivity contribution in [3.8, 4) is 5.75 Å². The first-order valence-electron chi connectivity index (χ1n) is 10.7. The van der Waals surface area contributed by atoms with E-state index in [0.29, 0.717) is 36.8 Å². The van der Waals surface area contributed by atoms with Gasteiger partial charge in [0.15, 0.2) is 11.6 Å². The smallest absolute Gasteiger partial charge is 0.399 e. The summed E-state index contributed by atoms with van der Waals surface area (Å²) in [6, 6.07) is 6.25. The molecule has 2 aromatic carbocycles. The highest BCUT2D eigenvalue weighted by Crippen LogP contribution is 2.37. The number of fused-ring (bicyclic) bond motifs is 1. The maximum absolute atomic E-state index is 14.4. The van der Waals surface area contributed by atoms with Gasteiger partial charge in [-0.25, -0.2) is 13.2 Å². The fraction of sp³-hybridized carbons (Fsp3) is 0.500. The highest BCUT2D eigenvalue weighted by Gasteiger charge is 2.36. The summed E-state index contributed by atoms with van der Waals surface area (Å²) in [7, 11) is 0. The first kappa shape index (κ1) is 23.5. The van der Waals surface area contributed by atoms with Crippen molar-refractivity contribution in [1.82, 2.24) is 0 Å². The van der Waals surface area contributed by atoms with E-state index >= 15 is 0 Å². The highest BCUT2D eigenvalue weighted by molar-refractivity contribution is 5.41. The molecule has 0 fully saturated rings. The van der Waals surface area contributed by atoms with E-state index in [-0.39, 0.29) is 23.7 Å². The molecule has 1 unspecified atom stereocenters. The standard InChI is InChI=1S/C24H26F6O/c1-2-3-4-5-15-6-9-17(20(25)13-15)10-7-16-8-11-19-18(12-16)14-21(26)23(22(19)27)31-24(28,29)30/h6,9,13-14,16H,2-5,7-8,10-12H2,1H3. The maximum Gasteiger partial charge on any atom is 0.573 e. The number of unbranched alkanes of at least 4 members (excludes halogenated alkanes) is 2. The van der Waals surface area contributed by atoms with Gasteiger partial charge >= 0.3 is 6.36 Å². The lowest BCUT2D eigenvalue weighted by atomic mass is 9.80. The van der Waals surface area contributed by atoms with E-state index in [0.717, 1.165) is 37.3 Å². The summed E-state index contributed by atoms with van der Waals surface area (Å²) >= 11 is 0. The predicted octanol–water partition coefficient (Wildman–Crippen LogP) is 7.47. The van der Waals surface area contributed by atoms with Gasteiger partial charge in [-0.3, -0.25) is 0 Å². The fourth-order valence-corrected chi connectivity index (χ4v) is 4.25. The van der Waals surface area contributed by atoms with Gasteiger partial charge in [-0.15, -0.1) is 13.2 Å². The molecule has 0 bridgehead atoms. The Labute approximate surface area is 178 Å². The number of halogens is 6. The van der Waals surface area contributed by atoms with Crippen LogP contribution in [0.1, 0.15) is 61.3 Å². The summed E-state index contributed by atoms with van der Waals surface area (Å²) in [5.74, 6) is -4.21. The minimum absolute atomic E-state index is 0.0690. The Hall–Kier alpha value is -2.18. The van der Waals surface area contributed by atoms with E-state index in [9.17, 15) is 26.3 Å². The third-order valence-corrected chi connectivity index (χ3v) is 5.91. The molecule has 0 heterocycles. The number of aryl methyl sites for hydroxylation is 2. The number of rotatable bonds is 8. The molecule has 1 aliphatic rings. The quantitative estimate of drug-likeness (QED) is 0.303. The molecule has 2 aromatic rings. The third-order valence-electron chi connectivity index (χ3n) is 5.91. The van der Waals surface area contributed by atoms with Crippen LogP contribution in [0.4, 0.5) is 26.3 Å². The summed E-state index contributed by atoms with van der Waals surface area (Å²) < 4.78 is 83.6. The van der Waals surface area contributed by atoms with Crippen LogP contribution in [0.3, 0.4) is 0 Å². The zero-order valence-corrected chi connectivity index (χ0v) is 17.4. The van der Waals surface area contributed by atoms with E-state index < -0.39 is 23.7 Å². The highest BCUT2D eigenvalue weighted by atomic mass is 19.4. The Kier molecular flexibility index (Phi) is 7.55. The summed E-state index contributed by atoms with van der Waals surface area (Å²) in [5, 5.41) is 0. The van der Waals surface area contributed by atoms with Gasteiger partial charge in [-0.05, 0) is 85.3 Å². The molecule has 3 rings (SSSR count). The first-order chi connectivity index (χ1) is 14.7. The molecule has 31 heavy (non-hydrogen) atoms. The SMILES string of the molecule is CCCCCc1ccc(CCC2CCc3c(cc(F)c(OC(F)(F)F)c3F)C2)c(F)c1. The maximum atomic E-state index is 14.4. The van der Waals surface area contributed by atoms with Crippen LogP contribution in [-0.4, -0.2) is 6.36 Å². The molecule has 1 aliphatic carbocycles. The second-order valence-corrected chi connectivity index (χ2v) is 8.22. The van der Waals surface area contributed by atoms with Crippen LogP contribution in [0.25, 0.3) is 0 Å². The van der Waals surface area contributed by atoms with E-state index in [1.807, 2.05) is 6.07 Å². The largest absolute Gasteiger partial charge is 0.573 e. The van der Waals surface area contributed by atoms with Gasteiger partial charge in [0, 0.05) is 0 Å². The van der Waals surface area contributed by atoms with Crippen LogP contribution >= 0.6 is 0 Å². The molecule has 0 aromatic heterocycles. The molecular formula is C24H26F6O. The average Bonchev–Trinajstić information content (AvgIpc) is 2.70. The Balaban J connectivity index is 1.63. The molecule has 0 aliphatic heterocycles. The van der Waals surface area contributed by atoms with Crippen molar-refractivity contribution in [2.45, 2.75) is 71.1 Å². The van der Waals surface area contributed by atoms with Crippen molar-refractivity contribution in [3.05, 3.63) is 64.0 Å². The minimum Gasteiger partial charge on any atom is -0.399 e. The molecule has 1 nitrogen and oxygen atoms in total. The van der Waals surface area contributed by atoms with Crippen LogP contribution in [0, 0.1) is 23.4 Å². The number of ether oxygens (including phenoxy) is 1. The molecule has 0 radical (unpaired) electrons. The van der Waals surface area contributed by atoms with E-state index in [1.165, 1.54) is 0 Å². The van der Waals surface area contributed by atoms with Gasteiger partial charge in [-0.2, -0.15) is 0 Å². The monoisotopic (exact) mass is 444 g/mol. The number of alkyl halides is 3. The number of benzene rings is 2. The van der Waals surface area contributed by atoms with Gasteiger partial charge in [0.05, 0.1) is 0 Å². The van der Waals surface area contributed by atoms with Crippen LogP contribution in [0.15, 0.2) is 24.3 Å². The number of hydrogen-bond donors (Lipinski definition) is 0. The lowest BCUT2D eigenvalue weighted by Gasteiger charge is -2.26. The van der Waals surface area contributed by atoms with Crippen LogP contribution in [0.2, 0.25) is 0 Å². The van der Waals surface area contributed by atoms with Crippen molar-refractivity contribution in [3.63, 3.8) is 0 Å². The topological polar surface area (TPSA) is 9.23 Å². The zero-order chi connectivity index (χ0) is 22.6. The molecule has 170 valence electrons. The van der Waals surface area contributed by atoms with Crippen molar-refractivity contribution in [2.75, 3.05) is 0 Å². The molecule has 7 heteroatoms. The predicted molar refractivity (Wildman–Crippen MR) is 107 cm³/mol. The van der Waals surface area contributed by atoms with E-state index in [1.54, 1.807) is 12.1 Å². The molecule has 0 saturated heterocycles. The lowest BCUT2D eigenvalue weighted by molar-refractivity contribution is -0.276. The second-order valence-electron chi connectivity index (χ2n) is 8.22. The van der Waals surface area contributed by atoms with Crippen LogP contribution in [-0.2, 0) is 25.7 Å². The third kappa shape index (κ3) is 6.17. The van der Waals surface area contributed by atoms with Crippen LogP contribution < -0.4 is 4.74 Å². The fourth-order valence-electron chi connectivity index (χ4n) is 4.25. The Morgan fingerprint density at radius 2 is 1.77 bits per heavy atom. The van der Waals surface area contributed by atoms with Gasteiger partial charge < -0.3 is 4.74 Å². The van der Waals surface area contributed by atoms with Crippen molar-refractivity contribution < 1.29 is 31.1 Å². The Bertz CT molecular complexity index is 906. The van der Waals surface area contributed by atoms with Crippen LogP contribution in [0.5, 0.6) is 5.75 Å². The van der Waals surface area contributed by atoms with Crippen molar-refractivity contribution in [1.29, 1.82) is 0 Å². The first-order valence-corrected chi connectivity index (χ1v) is 10.7. The molecule has 0 N–H and O–H groups in total. The summed E-state index contributed by atoms with van der Waals surface area (Å²) in [4.78, 5) is 0. The Morgan fingerprint density at radius 1 is 1.00 bits per heavy atom. The molecule has 0 spiro atoms. The molecular weight excluding hydrogens is 418 g/mol. The van der Waals surface area contributed by atoms with Gasteiger partial charge in [-0.1, -0.05) is 31.9 Å². The molecule has 1 atom stereocenters. The summed E-state index contributed by atoms with van der Waals surface area (Å²) in [6.07, 6.45) is 1.14. The normalized spacial score (nSPS) is 16.3. The zero-order valence-electron chi connectivity index (χ0n) is 17.4. The number of hydrogen-bond acceptors (Lipinski definition) is 1. The second kappa shape index (κ2) is 9.96.